The highest BCUT2D eigenvalue weighted by molar-refractivity contribution is 5.76. The fourth-order valence-corrected chi connectivity index (χ4v) is 1.50. The predicted octanol–water partition coefficient (Wildman–Crippen LogP) is 1.58. The molecule has 1 rings (SSSR count). The highest BCUT2D eigenvalue weighted by atomic mass is 19.1. The van der Waals surface area contributed by atoms with E-state index >= 15 is 0 Å². The van der Waals surface area contributed by atoms with Gasteiger partial charge in [-0.25, -0.2) is 4.39 Å². The molecule has 3 N–H and O–H groups in total. The van der Waals surface area contributed by atoms with Crippen LogP contribution in [0, 0.1) is 5.82 Å². The van der Waals surface area contributed by atoms with Crippen molar-refractivity contribution in [1.82, 2.24) is 5.32 Å². The Morgan fingerprint density at radius 1 is 1.50 bits per heavy atom. The number of ether oxygens (including phenoxy) is 1. The molecule has 0 aliphatic heterocycles. The van der Waals surface area contributed by atoms with Gasteiger partial charge in [-0.3, -0.25) is 4.79 Å². The number of hydrogen-bond donors (Lipinski definition) is 2. The quantitative estimate of drug-likeness (QED) is 0.810. The van der Waals surface area contributed by atoms with Gasteiger partial charge in [-0.05, 0) is 32.0 Å². The maximum absolute atomic E-state index is 13.0. The molecule has 0 atom stereocenters. The van der Waals surface area contributed by atoms with Crippen LogP contribution in [0.4, 0.5) is 4.39 Å². The van der Waals surface area contributed by atoms with E-state index in [0.717, 1.165) is 0 Å². The summed E-state index contributed by atoms with van der Waals surface area (Å²) in [5.41, 5.74) is 6.09. The molecule has 0 saturated carbocycles. The molecule has 0 bridgehead atoms. The maximum atomic E-state index is 13.0. The minimum absolute atomic E-state index is 0.0681. The van der Waals surface area contributed by atoms with Gasteiger partial charge < -0.3 is 15.8 Å². The number of amides is 1. The summed E-state index contributed by atoms with van der Waals surface area (Å²) in [6, 6.07) is 4.28. The largest absolute Gasteiger partial charge is 0.493 e. The first-order chi connectivity index (χ1) is 8.52. The Balaban J connectivity index is 2.46. The van der Waals surface area contributed by atoms with E-state index in [1.165, 1.54) is 18.2 Å². The van der Waals surface area contributed by atoms with Gasteiger partial charge in [0, 0.05) is 18.2 Å². The number of benzene rings is 1. The Labute approximate surface area is 106 Å². The first-order valence-corrected chi connectivity index (χ1v) is 5.93. The highest BCUT2D eigenvalue weighted by Crippen LogP contribution is 2.19. The van der Waals surface area contributed by atoms with Crippen LogP contribution < -0.4 is 15.8 Å². The molecule has 0 spiro atoms. The van der Waals surface area contributed by atoms with Crippen molar-refractivity contribution in [1.29, 1.82) is 0 Å². The molecule has 0 radical (unpaired) electrons. The zero-order valence-electron chi connectivity index (χ0n) is 10.7. The van der Waals surface area contributed by atoms with Crippen molar-refractivity contribution < 1.29 is 13.9 Å². The monoisotopic (exact) mass is 254 g/mol. The van der Waals surface area contributed by atoms with E-state index in [9.17, 15) is 9.18 Å². The lowest BCUT2D eigenvalue weighted by atomic mass is 10.2. The summed E-state index contributed by atoms with van der Waals surface area (Å²) < 4.78 is 18.4. The second kappa shape index (κ2) is 6.96. The van der Waals surface area contributed by atoms with Crippen LogP contribution in [0.25, 0.3) is 0 Å². The Kier molecular flexibility index (Phi) is 5.58. The van der Waals surface area contributed by atoms with E-state index in [2.05, 4.69) is 5.32 Å². The normalized spacial score (nSPS) is 10.5. The molecular formula is C13H19FN2O2. The highest BCUT2D eigenvalue weighted by Gasteiger charge is 2.06. The van der Waals surface area contributed by atoms with Gasteiger partial charge in [0.2, 0.25) is 5.91 Å². The van der Waals surface area contributed by atoms with Gasteiger partial charge >= 0.3 is 0 Å². The Morgan fingerprint density at radius 3 is 2.83 bits per heavy atom. The van der Waals surface area contributed by atoms with Crippen LogP contribution in [0.1, 0.15) is 25.8 Å². The van der Waals surface area contributed by atoms with E-state index in [-0.39, 0.29) is 37.3 Å². The average molecular weight is 254 g/mol. The lowest BCUT2D eigenvalue weighted by molar-refractivity contribution is -0.122. The molecule has 5 heteroatoms. The van der Waals surface area contributed by atoms with Gasteiger partial charge in [-0.15, -0.1) is 0 Å². The predicted molar refractivity (Wildman–Crippen MR) is 67.7 cm³/mol. The van der Waals surface area contributed by atoms with E-state index < -0.39 is 0 Å². The van der Waals surface area contributed by atoms with Crippen LogP contribution in [0.15, 0.2) is 18.2 Å². The average Bonchev–Trinajstić information content (AvgIpc) is 2.30. The third-order valence-corrected chi connectivity index (χ3v) is 2.28. The molecule has 1 aromatic carbocycles. The topological polar surface area (TPSA) is 64.3 Å². The van der Waals surface area contributed by atoms with Crippen LogP contribution in [0.5, 0.6) is 5.75 Å². The number of rotatable bonds is 6. The van der Waals surface area contributed by atoms with Gasteiger partial charge in [0.1, 0.15) is 11.6 Å². The number of carbonyl (C=O) groups is 1. The summed E-state index contributed by atoms with van der Waals surface area (Å²) in [7, 11) is 0. The van der Waals surface area contributed by atoms with Crippen molar-refractivity contribution in [3.05, 3.63) is 29.6 Å². The number of carbonyl (C=O) groups excluding carboxylic acids is 1. The summed E-state index contributed by atoms with van der Waals surface area (Å²) in [4.78, 5) is 11.4. The van der Waals surface area contributed by atoms with E-state index in [4.69, 9.17) is 10.5 Å². The zero-order valence-corrected chi connectivity index (χ0v) is 10.7. The fourth-order valence-electron chi connectivity index (χ4n) is 1.50. The summed E-state index contributed by atoms with van der Waals surface area (Å²) in [5.74, 6) is 0.109. The Morgan fingerprint density at radius 2 is 2.22 bits per heavy atom. The molecule has 0 fully saturated rings. The number of hydrogen-bond acceptors (Lipinski definition) is 3. The van der Waals surface area contributed by atoms with Crippen molar-refractivity contribution >= 4 is 5.91 Å². The molecule has 0 aliphatic carbocycles. The van der Waals surface area contributed by atoms with Gasteiger partial charge in [0.05, 0.1) is 13.0 Å². The second-order valence-electron chi connectivity index (χ2n) is 4.28. The first-order valence-electron chi connectivity index (χ1n) is 5.93. The van der Waals surface area contributed by atoms with E-state index in [1.807, 2.05) is 13.8 Å². The van der Waals surface area contributed by atoms with Crippen molar-refractivity contribution in [3.63, 3.8) is 0 Å². The lowest BCUT2D eigenvalue weighted by Gasteiger charge is -2.11. The molecule has 18 heavy (non-hydrogen) atoms. The molecular weight excluding hydrogens is 235 g/mol. The lowest BCUT2D eigenvalue weighted by Crippen LogP contribution is -2.31. The first kappa shape index (κ1) is 14.4. The van der Waals surface area contributed by atoms with Crippen LogP contribution in [-0.2, 0) is 11.3 Å². The molecule has 4 nitrogen and oxygen atoms in total. The molecule has 100 valence electrons. The van der Waals surface area contributed by atoms with Gasteiger partial charge in [0.25, 0.3) is 0 Å². The number of nitrogens with two attached hydrogens (primary N) is 1. The summed E-state index contributed by atoms with van der Waals surface area (Å²) in [5, 5.41) is 2.76. The van der Waals surface area contributed by atoms with Crippen LogP contribution in [0.3, 0.4) is 0 Å². The molecule has 0 saturated heterocycles. The van der Waals surface area contributed by atoms with Crippen molar-refractivity contribution in [2.45, 2.75) is 32.9 Å². The third-order valence-electron chi connectivity index (χ3n) is 2.28. The number of halogens is 1. The minimum atomic E-state index is -0.347. The SMILES string of the molecule is CC(C)NC(=O)CCOc1ccc(F)cc1CN. The van der Waals surface area contributed by atoms with E-state index in [0.29, 0.717) is 11.3 Å². The van der Waals surface area contributed by atoms with Crippen LogP contribution in [-0.4, -0.2) is 18.6 Å². The van der Waals surface area contributed by atoms with Gasteiger partial charge in [-0.2, -0.15) is 0 Å². The standard InChI is InChI=1S/C13H19FN2O2/c1-9(2)16-13(17)5-6-18-12-4-3-11(14)7-10(12)8-15/h3-4,7,9H,5-6,8,15H2,1-2H3,(H,16,17). The molecule has 1 amide bonds. The van der Waals surface area contributed by atoms with Gasteiger partial charge in [-0.1, -0.05) is 0 Å². The van der Waals surface area contributed by atoms with E-state index in [1.54, 1.807) is 0 Å². The Bertz CT molecular complexity index is 408. The van der Waals surface area contributed by atoms with Gasteiger partial charge in [0.15, 0.2) is 0 Å². The van der Waals surface area contributed by atoms with Crippen molar-refractivity contribution in [3.8, 4) is 5.75 Å². The Hall–Kier alpha value is -1.62. The molecule has 0 unspecified atom stereocenters. The van der Waals surface area contributed by atoms with Crippen molar-refractivity contribution in [2.24, 2.45) is 5.73 Å². The van der Waals surface area contributed by atoms with Crippen molar-refractivity contribution in [2.75, 3.05) is 6.61 Å². The molecule has 1 aromatic rings. The molecule has 0 aromatic heterocycles. The summed E-state index contributed by atoms with van der Waals surface area (Å²) >= 11 is 0. The van der Waals surface area contributed by atoms with Crippen LogP contribution in [0.2, 0.25) is 0 Å². The minimum Gasteiger partial charge on any atom is -0.493 e. The summed E-state index contributed by atoms with van der Waals surface area (Å²) in [6.45, 7) is 4.24. The van der Waals surface area contributed by atoms with Crippen LogP contribution >= 0.6 is 0 Å². The number of nitrogens with one attached hydrogen (secondary N) is 1. The maximum Gasteiger partial charge on any atom is 0.223 e. The summed E-state index contributed by atoms with van der Waals surface area (Å²) in [6.07, 6.45) is 0.263. The molecule has 0 aliphatic rings. The fraction of sp³-hybridized carbons (Fsp3) is 0.462. The smallest absolute Gasteiger partial charge is 0.223 e. The molecule has 0 heterocycles. The third kappa shape index (κ3) is 4.71. The second-order valence-corrected chi connectivity index (χ2v) is 4.28. The zero-order chi connectivity index (χ0) is 13.5.